The number of guanidine groups is 1. The van der Waals surface area contributed by atoms with Crippen molar-refractivity contribution in [1.82, 2.24) is 10.2 Å². The highest BCUT2D eigenvalue weighted by Crippen LogP contribution is 2.09. The summed E-state index contributed by atoms with van der Waals surface area (Å²) in [6, 6.07) is 6.64. The first-order valence-electron chi connectivity index (χ1n) is 8.53. The zero-order valence-corrected chi connectivity index (χ0v) is 16.1. The molecule has 0 saturated carbocycles. The largest absolute Gasteiger partial charge is 0.356 e. The van der Waals surface area contributed by atoms with Crippen LogP contribution in [0, 0.1) is 0 Å². The maximum atomic E-state index is 11.2. The standard InChI is InChI=1S/C18H30N4O2S/c1-4-5-6-7-8-15-22(3)18(20-2)21-14-13-16-9-11-17(12-10-16)25(19,23)24/h4,9-12H,1,5-8,13-15H2,2-3H3,(H,20,21)(H2,19,23,24). The van der Waals surface area contributed by atoms with E-state index in [1.807, 2.05) is 13.1 Å². The molecule has 0 fully saturated rings. The Morgan fingerprint density at radius 2 is 1.96 bits per heavy atom. The molecule has 0 spiro atoms. The molecule has 0 aliphatic heterocycles. The van der Waals surface area contributed by atoms with Gasteiger partial charge in [-0.2, -0.15) is 0 Å². The Kier molecular flexibility index (Phi) is 9.23. The van der Waals surface area contributed by atoms with E-state index in [0.717, 1.165) is 43.9 Å². The van der Waals surface area contributed by atoms with E-state index >= 15 is 0 Å². The Balaban J connectivity index is 2.38. The van der Waals surface area contributed by atoms with Crippen LogP contribution in [-0.4, -0.2) is 46.5 Å². The van der Waals surface area contributed by atoms with Gasteiger partial charge in [0, 0.05) is 27.2 Å². The molecule has 0 bridgehead atoms. The predicted octanol–water partition coefficient (Wildman–Crippen LogP) is 2.13. The molecule has 1 aromatic rings. The van der Waals surface area contributed by atoms with E-state index in [1.165, 1.54) is 25.0 Å². The third-order valence-electron chi connectivity index (χ3n) is 3.92. The summed E-state index contributed by atoms with van der Waals surface area (Å²) in [5.41, 5.74) is 1.04. The molecule has 0 unspecified atom stereocenters. The van der Waals surface area contributed by atoms with Crippen LogP contribution < -0.4 is 10.5 Å². The average molecular weight is 367 g/mol. The fourth-order valence-electron chi connectivity index (χ4n) is 2.47. The first-order chi connectivity index (χ1) is 11.9. The van der Waals surface area contributed by atoms with Crippen LogP contribution in [-0.2, 0) is 16.4 Å². The molecular weight excluding hydrogens is 336 g/mol. The van der Waals surface area contributed by atoms with Crippen molar-refractivity contribution >= 4 is 16.0 Å². The lowest BCUT2D eigenvalue weighted by Crippen LogP contribution is -2.40. The first kappa shape index (κ1) is 21.2. The van der Waals surface area contributed by atoms with E-state index in [1.54, 1.807) is 19.2 Å². The monoisotopic (exact) mass is 366 g/mol. The van der Waals surface area contributed by atoms with Crippen LogP contribution in [0.15, 0.2) is 46.8 Å². The Bertz CT molecular complexity index is 654. The molecule has 0 aliphatic rings. The van der Waals surface area contributed by atoms with Gasteiger partial charge in [0.2, 0.25) is 10.0 Å². The number of benzene rings is 1. The fourth-order valence-corrected chi connectivity index (χ4v) is 2.98. The van der Waals surface area contributed by atoms with Crippen molar-refractivity contribution in [2.75, 3.05) is 27.2 Å². The molecule has 7 heteroatoms. The van der Waals surface area contributed by atoms with Crippen LogP contribution in [0.1, 0.15) is 31.2 Å². The molecule has 0 heterocycles. The number of hydrogen-bond acceptors (Lipinski definition) is 3. The van der Waals surface area contributed by atoms with E-state index in [0.29, 0.717) is 0 Å². The second kappa shape index (κ2) is 10.9. The first-order valence-corrected chi connectivity index (χ1v) is 10.1. The number of sulfonamides is 1. The van der Waals surface area contributed by atoms with Crippen molar-refractivity contribution in [3.05, 3.63) is 42.5 Å². The normalized spacial score (nSPS) is 12.0. The molecule has 0 aliphatic carbocycles. The second-order valence-electron chi connectivity index (χ2n) is 5.97. The number of nitrogens with zero attached hydrogens (tertiary/aromatic N) is 2. The maximum absolute atomic E-state index is 11.2. The van der Waals surface area contributed by atoms with Crippen LogP contribution in [0.3, 0.4) is 0 Å². The predicted molar refractivity (Wildman–Crippen MR) is 104 cm³/mol. The SMILES string of the molecule is C=CCCCCCN(C)C(=NC)NCCc1ccc(S(N)(=O)=O)cc1. The Labute approximate surface area is 151 Å². The number of primary sulfonamides is 1. The van der Waals surface area contributed by atoms with Gasteiger partial charge in [-0.3, -0.25) is 4.99 Å². The van der Waals surface area contributed by atoms with Gasteiger partial charge in [-0.1, -0.05) is 24.6 Å². The third kappa shape index (κ3) is 8.18. The van der Waals surface area contributed by atoms with Gasteiger partial charge in [0.1, 0.15) is 0 Å². The zero-order valence-electron chi connectivity index (χ0n) is 15.2. The number of nitrogens with one attached hydrogen (secondary N) is 1. The zero-order chi connectivity index (χ0) is 18.7. The van der Waals surface area contributed by atoms with Crippen LogP contribution >= 0.6 is 0 Å². The van der Waals surface area contributed by atoms with Crippen molar-refractivity contribution in [2.45, 2.75) is 37.0 Å². The van der Waals surface area contributed by atoms with Crippen molar-refractivity contribution in [2.24, 2.45) is 10.1 Å². The summed E-state index contributed by atoms with van der Waals surface area (Å²) in [6.45, 7) is 5.42. The quantitative estimate of drug-likeness (QED) is 0.287. The summed E-state index contributed by atoms with van der Waals surface area (Å²) in [5.74, 6) is 0.866. The molecule has 0 aromatic heterocycles. The van der Waals surface area contributed by atoms with Gasteiger partial charge in [-0.25, -0.2) is 13.6 Å². The molecule has 1 aromatic carbocycles. The minimum Gasteiger partial charge on any atom is -0.356 e. The molecule has 0 amide bonds. The van der Waals surface area contributed by atoms with Gasteiger partial charge >= 0.3 is 0 Å². The van der Waals surface area contributed by atoms with Crippen LogP contribution in [0.2, 0.25) is 0 Å². The lowest BCUT2D eigenvalue weighted by molar-refractivity contribution is 0.455. The molecule has 6 nitrogen and oxygen atoms in total. The van der Waals surface area contributed by atoms with Crippen LogP contribution in [0.5, 0.6) is 0 Å². The van der Waals surface area contributed by atoms with Gasteiger partial charge in [-0.15, -0.1) is 6.58 Å². The molecule has 3 N–H and O–H groups in total. The van der Waals surface area contributed by atoms with E-state index in [-0.39, 0.29) is 4.90 Å². The van der Waals surface area contributed by atoms with Gasteiger partial charge in [0.25, 0.3) is 0 Å². The molecule has 0 radical (unpaired) electrons. The van der Waals surface area contributed by atoms with Gasteiger partial charge < -0.3 is 10.2 Å². The number of unbranched alkanes of at least 4 members (excludes halogenated alkanes) is 3. The van der Waals surface area contributed by atoms with E-state index < -0.39 is 10.0 Å². The van der Waals surface area contributed by atoms with Crippen LogP contribution in [0.4, 0.5) is 0 Å². The number of rotatable bonds is 10. The highest BCUT2D eigenvalue weighted by atomic mass is 32.2. The lowest BCUT2D eigenvalue weighted by atomic mass is 10.1. The summed E-state index contributed by atoms with van der Waals surface area (Å²) in [7, 11) is 0.176. The maximum Gasteiger partial charge on any atom is 0.238 e. The van der Waals surface area contributed by atoms with E-state index in [4.69, 9.17) is 5.14 Å². The van der Waals surface area contributed by atoms with E-state index in [9.17, 15) is 8.42 Å². The number of allylic oxidation sites excluding steroid dienone is 1. The van der Waals surface area contributed by atoms with Crippen molar-refractivity contribution in [3.63, 3.8) is 0 Å². The van der Waals surface area contributed by atoms with Gasteiger partial charge in [0.05, 0.1) is 4.90 Å². The molecule has 0 saturated heterocycles. The number of nitrogens with two attached hydrogens (primary N) is 1. The topological polar surface area (TPSA) is 87.8 Å². The summed E-state index contributed by atoms with van der Waals surface area (Å²) in [4.78, 5) is 6.56. The Hall–Kier alpha value is -1.86. The molecule has 1 rings (SSSR count). The summed E-state index contributed by atoms with van der Waals surface area (Å²) in [6.07, 6.45) is 7.29. The lowest BCUT2D eigenvalue weighted by Gasteiger charge is -2.22. The molecule has 0 atom stereocenters. The smallest absolute Gasteiger partial charge is 0.238 e. The van der Waals surface area contributed by atoms with Crippen LogP contribution in [0.25, 0.3) is 0 Å². The van der Waals surface area contributed by atoms with Crippen molar-refractivity contribution in [3.8, 4) is 0 Å². The highest BCUT2D eigenvalue weighted by Gasteiger charge is 2.07. The van der Waals surface area contributed by atoms with Gasteiger partial charge in [-0.05, 0) is 43.4 Å². The van der Waals surface area contributed by atoms with Gasteiger partial charge in [0.15, 0.2) is 5.96 Å². The molecule has 140 valence electrons. The third-order valence-corrected chi connectivity index (χ3v) is 4.85. The number of hydrogen-bond donors (Lipinski definition) is 2. The minimum absolute atomic E-state index is 0.135. The summed E-state index contributed by atoms with van der Waals surface area (Å²) < 4.78 is 22.5. The Morgan fingerprint density at radius 1 is 1.28 bits per heavy atom. The fraction of sp³-hybridized carbons (Fsp3) is 0.500. The number of aliphatic imine (C=N–C) groups is 1. The molecule has 25 heavy (non-hydrogen) atoms. The minimum atomic E-state index is -3.63. The Morgan fingerprint density at radius 3 is 2.52 bits per heavy atom. The van der Waals surface area contributed by atoms with Crippen molar-refractivity contribution < 1.29 is 8.42 Å². The second-order valence-corrected chi connectivity index (χ2v) is 7.53. The highest BCUT2D eigenvalue weighted by molar-refractivity contribution is 7.89. The van der Waals surface area contributed by atoms with E-state index in [2.05, 4.69) is 21.8 Å². The summed E-state index contributed by atoms with van der Waals surface area (Å²) in [5, 5.41) is 8.43. The molecular formula is C18H30N4O2S. The summed E-state index contributed by atoms with van der Waals surface area (Å²) >= 11 is 0. The van der Waals surface area contributed by atoms with Crippen molar-refractivity contribution in [1.29, 1.82) is 0 Å². The average Bonchev–Trinajstić information content (AvgIpc) is 2.58.